The van der Waals surface area contributed by atoms with Gasteiger partial charge in [-0.15, -0.1) is 0 Å². The Morgan fingerprint density at radius 3 is 2.81 bits per heavy atom. The van der Waals surface area contributed by atoms with Gasteiger partial charge in [-0.3, -0.25) is 4.79 Å². The third-order valence-corrected chi connectivity index (χ3v) is 4.50. The largest absolute Gasteiger partial charge is 0.335 e. The Morgan fingerprint density at radius 1 is 1.25 bits per heavy atom. The van der Waals surface area contributed by atoms with Gasteiger partial charge in [0.25, 0.3) is 0 Å². The summed E-state index contributed by atoms with van der Waals surface area (Å²) in [6.07, 6.45) is 3.14. The Bertz CT molecular complexity index is 432. The number of likely N-dealkylation sites (tertiary alicyclic amines) is 1. The maximum Gasteiger partial charge on any atom is 0.236 e. The molecule has 2 aliphatic rings. The second-order valence-electron chi connectivity index (χ2n) is 4.54. The molecule has 1 aliphatic carbocycles. The number of nitrogens with zero attached hydrogens (tertiary/aromatic N) is 1. The maximum atomic E-state index is 12.0. The molecule has 3 rings (SSSR count). The first-order chi connectivity index (χ1) is 7.77. The fraction of sp³-hybridized carbons (Fsp3) is 0.462. The van der Waals surface area contributed by atoms with Crippen LogP contribution in [0.5, 0.6) is 0 Å². The molecule has 0 bridgehead atoms. The molecule has 1 aliphatic heterocycles. The molecule has 1 heterocycles. The van der Waals surface area contributed by atoms with E-state index in [1.807, 2.05) is 4.90 Å². The number of halogens is 1. The molecule has 2 nitrogen and oxygen atoms in total. The molecule has 0 spiro atoms. The molecule has 0 saturated carbocycles. The van der Waals surface area contributed by atoms with Crippen LogP contribution in [0, 0.1) is 0 Å². The summed E-state index contributed by atoms with van der Waals surface area (Å²) in [6, 6.07) is 8.83. The van der Waals surface area contributed by atoms with Crippen LogP contribution in [-0.4, -0.2) is 22.2 Å². The normalized spacial score (nSPS) is 28.6. The van der Waals surface area contributed by atoms with Gasteiger partial charge < -0.3 is 4.90 Å². The summed E-state index contributed by atoms with van der Waals surface area (Å²) < 4.78 is 0. The predicted octanol–water partition coefficient (Wildman–Crippen LogP) is 2.67. The zero-order chi connectivity index (χ0) is 11.1. The van der Waals surface area contributed by atoms with Gasteiger partial charge in [0.05, 0.1) is 10.9 Å². The molecule has 1 aromatic carbocycles. The quantitative estimate of drug-likeness (QED) is 0.724. The van der Waals surface area contributed by atoms with E-state index < -0.39 is 0 Å². The first-order valence-electron chi connectivity index (χ1n) is 5.80. The fourth-order valence-electron chi connectivity index (χ4n) is 2.83. The Hall–Kier alpha value is -0.830. The molecule has 0 aromatic heterocycles. The van der Waals surface area contributed by atoms with Gasteiger partial charge in [0.15, 0.2) is 0 Å². The Balaban J connectivity index is 1.91. The van der Waals surface area contributed by atoms with Gasteiger partial charge in [0, 0.05) is 6.54 Å². The second kappa shape index (κ2) is 3.88. The van der Waals surface area contributed by atoms with Gasteiger partial charge in [-0.25, -0.2) is 0 Å². The lowest BCUT2D eigenvalue weighted by Gasteiger charge is -2.24. The van der Waals surface area contributed by atoms with Crippen LogP contribution in [0.1, 0.15) is 30.0 Å². The SMILES string of the molecule is O=C1C(Br)CCN1C1CCc2ccccc21. The first-order valence-corrected chi connectivity index (χ1v) is 6.71. The van der Waals surface area contributed by atoms with Crippen molar-refractivity contribution in [2.45, 2.75) is 30.1 Å². The number of amides is 1. The first kappa shape index (κ1) is 10.3. The van der Waals surface area contributed by atoms with Crippen molar-refractivity contribution < 1.29 is 4.79 Å². The van der Waals surface area contributed by atoms with Gasteiger partial charge >= 0.3 is 0 Å². The number of aryl methyl sites for hydroxylation is 1. The van der Waals surface area contributed by atoms with Gasteiger partial charge in [0.1, 0.15) is 0 Å². The average molecular weight is 280 g/mol. The van der Waals surface area contributed by atoms with Crippen molar-refractivity contribution in [1.82, 2.24) is 4.90 Å². The van der Waals surface area contributed by atoms with Crippen molar-refractivity contribution >= 4 is 21.8 Å². The van der Waals surface area contributed by atoms with E-state index in [1.54, 1.807) is 0 Å². The van der Waals surface area contributed by atoms with Crippen LogP contribution in [0.25, 0.3) is 0 Å². The Kier molecular flexibility index (Phi) is 2.51. The molecular weight excluding hydrogens is 266 g/mol. The van der Waals surface area contributed by atoms with E-state index >= 15 is 0 Å². The van der Waals surface area contributed by atoms with Crippen LogP contribution < -0.4 is 0 Å². The molecule has 16 heavy (non-hydrogen) atoms. The third-order valence-electron chi connectivity index (χ3n) is 3.65. The summed E-state index contributed by atoms with van der Waals surface area (Å²) in [6.45, 7) is 0.897. The van der Waals surface area contributed by atoms with E-state index in [0.29, 0.717) is 6.04 Å². The highest BCUT2D eigenvalue weighted by Crippen LogP contribution is 2.38. The smallest absolute Gasteiger partial charge is 0.236 e. The van der Waals surface area contributed by atoms with Crippen molar-refractivity contribution in [2.24, 2.45) is 0 Å². The molecule has 2 atom stereocenters. The predicted molar refractivity (Wildman–Crippen MR) is 66.5 cm³/mol. The molecule has 84 valence electrons. The number of carbonyl (C=O) groups is 1. The Morgan fingerprint density at radius 2 is 2.06 bits per heavy atom. The fourth-order valence-corrected chi connectivity index (χ4v) is 3.30. The van der Waals surface area contributed by atoms with Crippen LogP contribution in [0.4, 0.5) is 0 Å². The zero-order valence-corrected chi connectivity index (χ0v) is 10.6. The van der Waals surface area contributed by atoms with Gasteiger partial charge in [-0.05, 0) is 30.4 Å². The monoisotopic (exact) mass is 279 g/mol. The molecule has 1 aromatic rings. The minimum Gasteiger partial charge on any atom is -0.335 e. The van der Waals surface area contributed by atoms with Crippen molar-refractivity contribution in [3.63, 3.8) is 0 Å². The van der Waals surface area contributed by atoms with E-state index in [-0.39, 0.29) is 10.7 Å². The minimum atomic E-state index is 0.0419. The lowest BCUT2D eigenvalue weighted by atomic mass is 10.1. The molecule has 1 fully saturated rings. The van der Waals surface area contributed by atoms with Crippen molar-refractivity contribution in [1.29, 1.82) is 0 Å². The number of alkyl halides is 1. The van der Waals surface area contributed by atoms with Crippen LogP contribution >= 0.6 is 15.9 Å². The highest BCUT2D eigenvalue weighted by atomic mass is 79.9. The van der Waals surface area contributed by atoms with Gasteiger partial charge in [0.2, 0.25) is 5.91 Å². The van der Waals surface area contributed by atoms with Crippen molar-refractivity contribution in [3.8, 4) is 0 Å². The van der Waals surface area contributed by atoms with Crippen molar-refractivity contribution in [2.75, 3.05) is 6.54 Å². The van der Waals surface area contributed by atoms with Crippen LogP contribution in [0.2, 0.25) is 0 Å². The summed E-state index contributed by atoms with van der Waals surface area (Å²) in [7, 11) is 0. The van der Waals surface area contributed by atoms with Crippen LogP contribution in [-0.2, 0) is 11.2 Å². The highest BCUT2D eigenvalue weighted by Gasteiger charge is 2.37. The van der Waals surface area contributed by atoms with E-state index in [0.717, 1.165) is 25.8 Å². The van der Waals surface area contributed by atoms with Gasteiger partial charge in [-0.1, -0.05) is 40.2 Å². The zero-order valence-electron chi connectivity index (χ0n) is 9.03. The van der Waals surface area contributed by atoms with E-state index in [2.05, 4.69) is 40.2 Å². The molecule has 0 radical (unpaired) electrons. The number of benzene rings is 1. The van der Waals surface area contributed by atoms with E-state index in [9.17, 15) is 4.79 Å². The number of carbonyl (C=O) groups excluding carboxylic acids is 1. The summed E-state index contributed by atoms with van der Waals surface area (Å²) >= 11 is 3.44. The minimum absolute atomic E-state index is 0.0419. The molecule has 1 amide bonds. The molecule has 3 heteroatoms. The van der Waals surface area contributed by atoms with Crippen LogP contribution in [0.3, 0.4) is 0 Å². The average Bonchev–Trinajstić information content (AvgIpc) is 2.85. The molecule has 1 saturated heterocycles. The topological polar surface area (TPSA) is 20.3 Å². The summed E-state index contributed by atoms with van der Waals surface area (Å²) in [5.74, 6) is 0.265. The second-order valence-corrected chi connectivity index (χ2v) is 5.65. The number of rotatable bonds is 1. The Labute approximate surface area is 104 Å². The highest BCUT2D eigenvalue weighted by molar-refractivity contribution is 9.10. The van der Waals surface area contributed by atoms with E-state index in [1.165, 1.54) is 11.1 Å². The number of hydrogen-bond acceptors (Lipinski definition) is 1. The molecular formula is C13H14BrNO. The standard InChI is InChI=1S/C13H14BrNO/c14-11-7-8-15(13(11)16)12-6-5-9-3-1-2-4-10(9)12/h1-4,11-12H,5-8H2. The third kappa shape index (κ3) is 1.49. The molecule has 0 N–H and O–H groups in total. The summed E-state index contributed by atoms with van der Waals surface area (Å²) in [5.41, 5.74) is 2.77. The number of fused-ring (bicyclic) bond motifs is 1. The maximum absolute atomic E-state index is 12.0. The van der Waals surface area contributed by atoms with Crippen LogP contribution in [0.15, 0.2) is 24.3 Å². The van der Waals surface area contributed by atoms with Crippen molar-refractivity contribution in [3.05, 3.63) is 35.4 Å². The molecule has 2 unspecified atom stereocenters. The van der Waals surface area contributed by atoms with E-state index in [4.69, 9.17) is 0 Å². The van der Waals surface area contributed by atoms with Gasteiger partial charge in [-0.2, -0.15) is 0 Å². The summed E-state index contributed by atoms with van der Waals surface area (Å²) in [5, 5.41) is 0. The lowest BCUT2D eigenvalue weighted by molar-refractivity contribution is -0.129. The summed E-state index contributed by atoms with van der Waals surface area (Å²) in [4.78, 5) is 14.1. The number of hydrogen-bond donors (Lipinski definition) is 0. The lowest BCUT2D eigenvalue weighted by Crippen LogP contribution is -2.30.